The molecule has 0 amide bonds. The van der Waals surface area contributed by atoms with E-state index in [-0.39, 0.29) is 5.75 Å². The lowest BCUT2D eigenvalue weighted by atomic mass is 10.4. The highest BCUT2D eigenvalue weighted by Gasteiger charge is 2.20. The maximum atomic E-state index is 12.4. The molecule has 1 heterocycles. The first kappa shape index (κ1) is 15.8. The maximum absolute atomic E-state index is 12.4. The van der Waals surface area contributed by atoms with Crippen LogP contribution >= 0.6 is 11.8 Å². The molecule has 0 aliphatic rings. The number of rotatable bonds is 7. The smallest absolute Gasteiger partial charge is 0.191 e. The van der Waals surface area contributed by atoms with Crippen LogP contribution in [-0.4, -0.2) is 28.9 Å². The summed E-state index contributed by atoms with van der Waals surface area (Å²) in [6.45, 7) is 6.20. The van der Waals surface area contributed by atoms with Gasteiger partial charge in [-0.1, -0.05) is 43.0 Å². The maximum Gasteiger partial charge on any atom is 0.191 e. The summed E-state index contributed by atoms with van der Waals surface area (Å²) in [5.74, 6) is 1.12. The van der Waals surface area contributed by atoms with Gasteiger partial charge in [0.15, 0.2) is 15.0 Å². The van der Waals surface area contributed by atoms with Crippen LogP contribution in [0.3, 0.4) is 0 Å². The first-order valence-corrected chi connectivity index (χ1v) is 9.16. The number of benzene rings is 1. The topological polar surface area (TPSA) is 64.8 Å². The van der Waals surface area contributed by atoms with Gasteiger partial charge in [-0.3, -0.25) is 0 Å². The number of sulfone groups is 1. The molecule has 5 nitrogen and oxygen atoms in total. The highest BCUT2D eigenvalue weighted by Crippen LogP contribution is 2.20. The Morgan fingerprint density at radius 3 is 2.62 bits per heavy atom. The zero-order valence-electron chi connectivity index (χ0n) is 11.8. The van der Waals surface area contributed by atoms with E-state index in [0.717, 1.165) is 10.9 Å². The van der Waals surface area contributed by atoms with Gasteiger partial charge >= 0.3 is 0 Å². The zero-order chi connectivity index (χ0) is 15.3. The molecule has 112 valence electrons. The Kier molecular flexibility index (Phi) is 5.19. The Morgan fingerprint density at radius 2 is 2.00 bits per heavy atom. The van der Waals surface area contributed by atoms with Crippen LogP contribution in [0.2, 0.25) is 0 Å². The average Bonchev–Trinajstić information content (AvgIpc) is 2.83. The summed E-state index contributed by atoms with van der Waals surface area (Å²) in [4.78, 5) is 0.294. The summed E-state index contributed by atoms with van der Waals surface area (Å²) in [6.07, 6.45) is 1.71. The van der Waals surface area contributed by atoms with Crippen LogP contribution in [0.1, 0.15) is 12.7 Å². The standard InChI is InChI=1S/C14H17N3O2S2/c1-3-10-17-13(15-16-14(17)20-4-2)11-21(18,19)12-8-6-5-7-9-12/h3,5-9H,1,4,10-11H2,2H3. The molecule has 0 saturated heterocycles. The van der Waals surface area contributed by atoms with Gasteiger partial charge < -0.3 is 4.57 Å². The third kappa shape index (κ3) is 3.74. The second-order valence-corrected chi connectivity index (χ2v) is 7.52. The summed E-state index contributed by atoms with van der Waals surface area (Å²) >= 11 is 1.53. The highest BCUT2D eigenvalue weighted by molar-refractivity contribution is 7.99. The molecule has 21 heavy (non-hydrogen) atoms. The van der Waals surface area contributed by atoms with Crippen LogP contribution in [-0.2, 0) is 22.1 Å². The first-order valence-electron chi connectivity index (χ1n) is 6.52. The predicted molar refractivity (Wildman–Crippen MR) is 83.9 cm³/mol. The van der Waals surface area contributed by atoms with E-state index in [1.54, 1.807) is 41.0 Å². The van der Waals surface area contributed by atoms with Crippen molar-refractivity contribution in [1.29, 1.82) is 0 Å². The molecule has 1 aromatic carbocycles. The molecule has 0 radical (unpaired) electrons. The van der Waals surface area contributed by atoms with Gasteiger partial charge in [0, 0.05) is 6.54 Å². The fraction of sp³-hybridized carbons (Fsp3) is 0.286. The van der Waals surface area contributed by atoms with Crippen molar-refractivity contribution >= 4 is 21.6 Å². The van der Waals surface area contributed by atoms with Gasteiger partial charge in [-0.2, -0.15) is 0 Å². The van der Waals surface area contributed by atoms with Crippen LogP contribution in [0.25, 0.3) is 0 Å². The molecule has 0 bridgehead atoms. The van der Waals surface area contributed by atoms with Crippen LogP contribution in [0, 0.1) is 0 Å². The minimum absolute atomic E-state index is 0.165. The van der Waals surface area contributed by atoms with E-state index in [0.29, 0.717) is 17.3 Å². The molecule has 0 atom stereocenters. The van der Waals surface area contributed by atoms with Crippen LogP contribution in [0.15, 0.2) is 53.0 Å². The molecular weight excluding hydrogens is 306 g/mol. The molecule has 0 aliphatic carbocycles. The van der Waals surface area contributed by atoms with E-state index >= 15 is 0 Å². The third-order valence-corrected chi connectivity index (χ3v) is 5.28. The minimum Gasteiger partial charge on any atom is -0.301 e. The van der Waals surface area contributed by atoms with E-state index in [1.807, 2.05) is 6.92 Å². The summed E-state index contributed by atoms with van der Waals surface area (Å²) < 4.78 is 26.6. The normalized spacial score (nSPS) is 11.5. The van der Waals surface area contributed by atoms with E-state index < -0.39 is 9.84 Å². The number of nitrogens with zero attached hydrogens (tertiary/aromatic N) is 3. The lowest BCUT2D eigenvalue weighted by Crippen LogP contribution is -2.11. The third-order valence-electron chi connectivity index (χ3n) is 2.80. The summed E-state index contributed by atoms with van der Waals surface area (Å²) in [6, 6.07) is 8.38. The minimum atomic E-state index is -3.42. The Balaban J connectivity index is 2.33. The fourth-order valence-electron chi connectivity index (χ4n) is 1.86. The van der Waals surface area contributed by atoms with Crippen LogP contribution in [0.5, 0.6) is 0 Å². The summed E-state index contributed by atoms with van der Waals surface area (Å²) in [5.41, 5.74) is 0. The molecule has 0 saturated carbocycles. The highest BCUT2D eigenvalue weighted by atomic mass is 32.2. The van der Waals surface area contributed by atoms with Crippen molar-refractivity contribution in [3.05, 3.63) is 48.8 Å². The summed E-state index contributed by atoms with van der Waals surface area (Å²) in [7, 11) is -3.42. The first-order chi connectivity index (χ1) is 10.1. The number of hydrogen-bond acceptors (Lipinski definition) is 5. The lowest BCUT2D eigenvalue weighted by molar-refractivity contribution is 0.590. The van der Waals surface area contributed by atoms with E-state index in [1.165, 1.54) is 11.8 Å². The van der Waals surface area contributed by atoms with E-state index in [4.69, 9.17) is 0 Å². The van der Waals surface area contributed by atoms with Crippen LogP contribution in [0.4, 0.5) is 0 Å². The monoisotopic (exact) mass is 323 g/mol. The molecule has 0 aliphatic heterocycles. The molecule has 2 aromatic rings. The van der Waals surface area contributed by atoms with Gasteiger partial charge in [-0.05, 0) is 17.9 Å². The quantitative estimate of drug-likeness (QED) is 0.579. The Bertz CT molecular complexity index is 709. The van der Waals surface area contributed by atoms with Crippen molar-refractivity contribution in [1.82, 2.24) is 14.8 Å². The van der Waals surface area contributed by atoms with Gasteiger partial charge in [0.05, 0.1) is 4.90 Å². The number of aromatic nitrogens is 3. The van der Waals surface area contributed by atoms with Crippen molar-refractivity contribution < 1.29 is 8.42 Å². The predicted octanol–water partition coefficient (Wildman–Crippen LogP) is 2.55. The van der Waals surface area contributed by atoms with Crippen molar-refractivity contribution in [2.75, 3.05) is 5.75 Å². The largest absolute Gasteiger partial charge is 0.301 e. The Hall–Kier alpha value is -1.60. The van der Waals surface area contributed by atoms with Gasteiger partial charge in [0.2, 0.25) is 0 Å². The van der Waals surface area contributed by atoms with Crippen molar-refractivity contribution in [3.8, 4) is 0 Å². The lowest BCUT2D eigenvalue weighted by Gasteiger charge is -2.07. The average molecular weight is 323 g/mol. The molecule has 7 heteroatoms. The second kappa shape index (κ2) is 6.91. The van der Waals surface area contributed by atoms with E-state index in [9.17, 15) is 8.42 Å². The van der Waals surface area contributed by atoms with Crippen molar-refractivity contribution in [3.63, 3.8) is 0 Å². The SMILES string of the molecule is C=CCn1c(CS(=O)(=O)c2ccccc2)nnc1SCC. The van der Waals surface area contributed by atoms with E-state index in [2.05, 4.69) is 16.8 Å². The summed E-state index contributed by atoms with van der Waals surface area (Å²) in [5, 5.41) is 8.81. The van der Waals surface area contributed by atoms with Gasteiger partial charge in [-0.15, -0.1) is 16.8 Å². The number of allylic oxidation sites excluding steroid dienone is 1. The van der Waals surface area contributed by atoms with Crippen molar-refractivity contribution in [2.45, 2.75) is 29.3 Å². The Labute approximate surface area is 129 Å². The van der Waals surface area contributed by atoms with Crippen molar-refractivity contribution in [2.24, 2.45) is 0 Å². The zero-order valence-corrected chi connectivity index (χ0v) is 13.4. The number of hydrogen-bond donors (Lipinski definition) is 0. The van der Waals surface area contributed by atoms with Crippen LogP contribution < -0.4 is 0 Å². The molecule has 0 unspecified atom stereocenters. The van der Waals surface area contributed by atoms with Gasteiger partial charge in [-0.25, -0.2) is 8.42 Å². The Morgan fingerprint density at radius 1 is 1.29 bits per heavy atom. The molecule has 1 aromatic heterocycles. The molecule has 0 fully saturated rings. The van der Waals surface area contributed by atoms with Gasteiger partial charge in [0.25, 0.3) is 0 Å². The second-order valence-electron chi connectivity index (χ2n) is 4.30. The molecule has 0 spiro atoms. The molecule has 0 N–H and O–H groups in total. The fourth-order valence-corrected chi connectivity index (χ4v) is 3.84. The number of thioether (sulfide) groups is 1. The molecular formula is C14H17N3O2S2. The van der Waals surface area contributed by atoms with Gasteiger partial charge in [0.1, 0.15) is 11.6 Å². The molecule has 2 rings (SSSR count).